The average Bonchev–Trinajstić information content (AvgIpc) is 2.97. The van der Waals surface area contributed by atoms with E-state index in [4.69, 9.17) is 15.6 Å². The van der Waals surface area contributed by atoms with E-state index in [1.54, 1.807) is 24.0 Å². The molecule has 3 aromatic rings. The summed E-state index contributed by atoms with van der Waals surface area (Å²) in [5.74, 6) is -1.60. The van der Waals surface area contributed by atoms with Gasteiger partial charge < -0.3 is 15.6 Å². The van der Waals surface area contributed by atoms with Crippen molar-refractivity contribution < 1.29 is 18.6 Å². The maximum Gasteiger partial charge on any atom is 0.223 e. The Morgan fingerprint density at radius 2 is 2.00 bits per heavy atom. The number of aliphatic hydroxyl groups is 1. The van der Waals surface area contributed by atoms with Gasteiger partial charge in [-0.1, -0.05) is 20.8 Å². The molecule has 0 saturated carbocycles. The summed E-state index contributed by atoms with van der Waals surface area (Å²) in [4.78, 5) is 4.22. The first-order chi connectivity index (χ1) is 12.7. The summed E-state index contributed by atoms with van der Waals surface area (Å²) in [6.45, 7) is 6.17. The number of halogens is 2. The van der Waals surface area contributed by atoms with Crippen LogP contribution < -0.4 is 10.5 Å². The Labute approximate surface area is 159 Å². The molecular weight excluding hydrogens is 374 g/mol. The van der Waals surface area contributed by atoms with Gasteiger partial charge in [-0.3, -0.25) is 0 Å². The molecule has 6 nitrogen and oxygen atoms in total. The van der Waals surface area contributed by atoms with E-state index in [0.29, 0.717) is 16.8 Å². The van der Waals surface area contributed by atoms with E-state index in [-0.39, 0.29) is 23.5 Å². The first-order valence-corrected chi connectivity index (χ1v) is 9.07. The van der Waals surface area contributed by atoms with Crippen molar-refractivity contribution >= 4 is 23.1 Å². The lowest BCUT2D eigenvalue weighted by Crippen LogP contribution is -2.09. The quantitative estimate of drug-likeness (QED) is 0.509. The first kappa shape index (κ1) is 19.4. The molecule has 3 aromatic heterocycles. The Balaban J connectivity index is 2.17. The van der Waals surface area contributed by atoms with Crippen LogP contribution in [0.15, 0.2) is 29.4 Å². The van der Waals surface area contributed by atoms with Gasteiger partial charge in [-0.2, -0.15) is 14.5 Å². The van der Waals surface area contributed by atoms with Crippen molar-refractivity contribution in [2.45, 2.75) is 30.4 Å². The number of aliphatic hydroxyl groups excluding tert-OH is 1. The monoisotopic (exact) mass is 394 g/mol. The third kappa shape index (κ3) is 4.14. The summed E-state index contributed by atoms with van der Waals surface area (Å²) in [5, 5.41) is 13.3. The van der Waals surface area contributed by atoms with Crippen LogP contribution in [0.4, 0.5) is 14.6 Å². The average molecular weight is 394 g/mol. The standard InChI is InChI=1S/C18H20F2N4O2S/c1-18(2,3)27-15-7-13-11(10-6-12(19)17(21)23-16(10)20)8-22-24(13)9-14(15)26-5-4-25/h6-9,25H,4-5H2,1-3H3,(H2,21,23). The number of ether oxygens (including phenoxy) is 1. The minimum atomic E-state index is -0.866. The third-order valence-electron chi connectivity index (χ3n) is 3.60. The van der Waals surface area contributed by atoms with E-state index >= 15 is 0 Å². The maximum absolute atomic E-state index is 14.3. The molecule has 0 unspecified atom stereocenters. The summed E-state index contributed by atoms with van der Waals surface area (Å²) in [5.41, 5.74) is 6.27. The zero-order chi connectivity index (χ0) is 19.8. The lowest BCUT2D eigenvalue weighted by atomic mass is 10.1. The van der Waals surface area contributed by atoms with Crippen LogP contribution in [0.5, 0.6) is 5.75 Å². The highest BCUT2D eigenvalue weighted by Gasteiger charge is 2.20. The number of hydrogen-bond donors (Lipinski definition) is 2. The van der Waals surface area contributed by atoms with Crippen molar-refractivity contribution in [2.24, 2.45) is 0 Å². The minimum Gasteiger partial charge on any atom is -0.488 e. The van der Waals surface area contributed by atoms with Gasteiger partial charge in [0.1, 0.15) is 6.61 Å². The van der Waals surface area contributed by atoms with Gasteiger partial charge in [0.2, 0.25) is 5.95 Å². The van der Waals surface area contributed by atoms with Gasteiger partial charge in [0.05, 0.1) is 29.4 Å². The van der Waals surface area contributed by atoms with Crippen LogP contribution in [0.2, 0.25) is 0 Å². The van der Waals surface area contributed by atoms with Crippen molar-refractivity contribution in [3.05, 3.63) is 36.3 Å². The predicted octanol–water partition coefficient (Wildman–Crippen LogP) is 3.52. The molecule has 0 aliphatic rings. The summed E-state index contributed by atoms with van der Waals surface area (Å²) in [7, 11) is 0. The van der Waals surface area contributed by atoms with Crippen molar-refractivity contribution in [3.63, 3.8) is 0 Å². The lowest BCUT2D eigenvalue weighted by Gasteiger charge is -2.20. The summed E-state index contributed by atoms with van der Waals surface area (Å²) in [6, 6.07) is 2.82. The fourth-order valence-corrected chi connectivity index (χ4v) is 3.58. The number of anilines is 1. The van der Waals surface area contributed by atoms with Gasteiger partial charge in [-0.05, 0) is 12.1 Å². The van der Waals surface area contributed by atoms with Crippen molar-refractivity contribution in [1.82, 2.24) is 14.6 Å². The molecule has 27 heavy (non-hydrogen) atoms. The second-order valence-corrected chi connectivity index (χ2v) is 8.74. The predicted molar refractivity (Wildman–Crippen MR) is 101 cm³/mol. The highest BCUT2D eigenvalue weighted by Crippen LogP contribution is 2.40. The van der Waals surface area contributed by atoms with E-state index in [2.05, 4.69) is 10.1 Å². The van der Waals surface area contributed by atoms with Crippen LogP contribution in [-0.4, -0.2) is 37.7 Å². The largest absolute Gasteiger partial charge is 0.488 e. The van der Waals surface area contributed by atoms with Gasteiger partial charge in [0.25, 0.3) is 0 Å². The number of aromatic nitrogens is 3. The zero-order valence-corrected chi connectivity index (χ0v) is 16.0. The van der Waals surface area contributed by atoms with E-state index in [9.17, 15) is 8.78 Å². The molecule has 0 aromatic carbocycles. The number of hydrogen-bond acceptors (Lipinski definition) is 6. The van der Waals surface area contributed by atoms with E-state index in [0.717, 1.165) is 11.0 Å². The molecule has 3 rings (SSSR count). The Morgan fingerprint density at radius 3 is 2.67 bits per heavy atom. The molecule has 3 N–H and O–H groups in total. The molecule has 9 heteroatoms. The molecule has 0 aliphatic heterocycles. The molecule has 0 saturated heterocycles. The topological polar surface area (TPSA) is 85.7 Å². The van der Waals surface area contributed by atoms with Crippen LogP contribution in [0, 0.1) is 11.8 Å². The number of thioether (sulfide) groups is 1. The van der Waals surface area contributed by atoms with E-state index in [1.807, 2.05) is 20.8 Å². The fraction of sp³-hybridized carbons (Fsp3) is 0.333. The molecule has 144 valence electrons. The zero-order valence-electron chi connectivity index (χ0n) is 15.2. The van der Waals surface area contributed by atoms with Crippen LogP contribution >= 0.6 is 11.8 Å². The highest BCUT2D eigenvalue weighted by molar-refractivity contribution is 8.00. The molecule has 0 bridgehead atoms. The van der Waals surface area contributed by atoms with Crippen molar-refractivity contribution in [2.75, 3.05) is 18.9 Å². The molecule has 0 spiro atoms. The highest BCUT2D eigenvalue weighted by atomic mass is 32.2. The Bertz CT molecular complexity index is 986. The Kier molecular flexibility index (Phi) is 5.25. The second kappa shape index (κ2) is 7.32. The molecule has 0 fully saturated rings. The first-order valence-electron chi connectivity index (χ1n) is 8.25. The second-order valence-electron chi connectivity index (χ2n) is 6.87. The number of pyridine rings is 2. The molecule has 0 amide bonds. The van der Waals surface area contributed by atoms with Gasteiger partial charge in [-0.15, -0.1) is 11.8 Å². The van der Waals surface area contributed by atoms with Crippen LogP contribution in [0.25, 0.3) is 16.6 Å². The number of fused-ring (bicyclic) bond motifs is 1. The smallest absolute Gasteiger partial charge is 0.223 e. The van der Waals surface area contributed by atoms with Crippen molar-refractivity contribution in [1.29, 1.82) is 0 Å². The van der Waals surface area contributed by atoms with Crippen LogP contribution in [-0.2, 0) is 0 Å². The normalized spacial score (nSPS) is 11.9. The van der Waals surface area contributed by atoms with Gasteiger partial charge in [0.15, 0.2) is 17.4 Å². The summed E-state index contributed by atoms with van der Waals surface area (Å²) >= 11 is 1.56. The lowest BCUT2D eigenvalue weighted by molar-refractivity contribution is 0.198. The minimum absolute atomic E-state index is 0.0209. The SMILES string of the molecule is CC(C)(C)Sc1cc2c(-c3cc(F)c(N)nc3F)cnn2cc1OCCO. The Hall–Kier alpha value is -2.39. The fourth-order valence-electron chi connectivity index (χ4n) is 2.54. The number of nitrogen functional groups attached to an aromatic ring is 1. The van der Waals surface area contributed by atoms with Crippen LogP contribution in [0.3, 0.4) is 0 Å². The van der Waals surface area contributed by atoms with E-state index in [1.165, 1.54) is 10.7 Å². The molecule has 3 heterocycles. The van der Waals surface area contributed by atoms with Gasteiger partial charge >= 0.3 is 0 Å². The van der Waals surface area contributed by atoms with Gasteiger partial charge in [-0.25, -0.2) is 8.91 Å². The number of rotatable bonds is 5. The molecular formula is C18H20F2N4O2S. The summed E-state index contributed by atoms with van der Waals surface area (Å²) < 4.78 is 35.1. The molecule has 0 aliphatic carbocycles. The molecule has 0 atom stereocenters. The third-order valence-corrected chi connectivity index (χ3v) is 4.75. The van der Waals surface area contributed by atoms with Crippen LogP contribution in [0.1, 0.15) is 20.8 Å². The van der Waals surface area contributed by atoms with Crippen molar-refractivity contribution in [3.8, 4) is 16.9 Å². The van der Waals surface area contributed by atoms with E-state index < -0.39 is 17.6 Å². The van der Waals surface area contributed by atoms with Gasteiger partial charge in [0, 0.05) is 15.9 Å². The Morgan fingerprint density at radius 1 is 1.26 bits per heavy atom. The summed E-state index contributed by atoms with van der Waals surface area (Å²) in [6.07, 6.45) is 3.09. The number of nitrogens with zero attached hydrogens (tertiary/aromatic N) is 3. The molecule has 0 radical (unpaired) electrons. The number of nitrogens with two attached hydrogens (primary N) is 1. The maximum atomic E-state index is 14.3.